The van der Waals surface area contributed by atoms with Crippen molar-refractivity contribution in [2.75, 3.05) is 37.7 Å². The van der Waals surface area contributed by atoms with Crippen molar-refractivity contribution < 1.29 is 0 Å². The lowest BCUT2D eigenvalue weighted by Crippen LogP contribution is -2.51. The summed E-state index contributed by atoms with van der Waals surface area (Å²) in [6, 6.07) is 0.707. The third-order valence-electron chi connectivity index (χ3n) is 2.88. The molecule has 0 amide bonds. The fourth-order valence-corrected chi connectivity index (χ4v) is 2.91. The Hall–Kier alpha value is 0.01000. The third-order valence-corrected chi connectivity index (χ3v) is 3.83. The lowest BCUT2D eigenvalue weighted by molar-refractivity contribution is 0.196. The number of thioether (sulfide) groups is 1. The number of nitrogens with zero attached hydrogens (tertiary/aromatic N) is 1. The van der Waals surface area contributed by atoms with Gasteiger partial charge in [0.15, 0.2) is 0 Å². The van der Waals surface area contributed by atoms with Crippen LogP contribution in [-0.2, 0) is 0 Å². The van der Waals surface area contributed by atoms with Crippen LogP contribution in [0.3, 0.4) is 0 Å². The highest BCUT2D eigenvalue weighted by Gasteiger charge is 2.19. The van der Waals surface area contributed by atoms with Crippen LogP contribution in [-0.4, -0.2) is 48.6 Å². The number of rotatable bonds is 7. The summed E-state index contributed by atoms with van der Waals surface area (Å²) in [4.78, 5) is 2.60. The summed E-state index contributed by atoms with van der Waals surface area (Å²) in [5.41, 5.74) is 0. The van der Waals surface area contributed by atoms with Crippen LogP contribution in [0.4, 0.5) is 0 Å². The molecule has 1 aliphatic rings. The van der Waals surface area contributed by atoms with Crippen molar-refractivity contribution in [2.45, 2.75) is 26.3 Å². The van der Waals surface area contributed by atoms with Crippen molar-refractivity contribution in [3.05, 3.63) is 12.7 Å². The highest BCUT2D eigenvalue weighted by Crippen LogP contribution is 2.10. The quantitative estimate of drug-likeness (QED) is 0.544. The van der Waals surface area contributed by atoms with Gasteiger partial charge in [-0.1, -0.05) is 19.9 Å². The Morgan fingerprint density at radius 3 is 3.06 bits per heavy atom. The molecule has 1 unspecified atom stereocenters. The average Bonchev–Trinajstić information content (AvgIpc) is 2.24. The summed E-state index contributed by atoms with van der Waals surface area (Å²) in [6.07, 6.45) is 3.29. The van der Waals surface area contributed by atoms with Gasteiger partial charge in [-0.2, -0.15) is 11.8 Å². The van der Waals surface area contributed by atoms with E-state index >= 15 is 0 Å². The topological polar surface area (TPSA) is 15.3 Å². The minimum Gasteiger partial charge on any atom is -0.311 e. The van der Waals surface area contributed by atoms with Crippen LogP contribution in [0.5, 0.6) is 0 Å². The van der Waals surface area contributed by atoms with E-state index in [1.807, 2.05) is 17.8 Å². The van der Waals surface area contributed by atoms with Gasteiger partial charge in [0.2, 0.25) is 0 Å². The van der Waals surface area contributed by atoms with Crippen LogP contribution in [0.2, 0.25) is 0 Å². The number of nitrogens with one attached hydrogen (secondary N) is 1. The lowest BCUT2D eigenvalue weighted by Gasteiger charge is -2.34. The first-order valence-corrected chi connectivity index (χ1v) is 7.52. The molecule has 0 aliphatic carbocycles. The summed E-state index contributed by atoms with van der Waals surface area (Å²) in [6.45, 7) is 13.2. The van der Waals surface area contributed by atoms with Crippen molar-refractivity contribution >= 4 is 11.8 Å². The molecule has 0 aromatic carbocycles. The fraction of sp³-hybridized carbons (Fsp3) is 0.846. The van der Waals surface area contributed by atoms with E-state index in [1.165, 1.54) is 31.8 Å². The highest BCUT2D eigenvalue weighted by atomic mass is 32.2. The molecule has 1 atom stereocenters. The Morgan fingerprint density at radius 2 is 2.38 bits per heavy atom. The maximum atomic E-state index is 3.75. The van der Waals surface area contributed by atoms with Gasteiger partial charge in [-0.05, 0) is 12.3 Å². The van der Waals surface area contributed by atoms with Gasteiger partial charge in [0.1, 0.15) is 0 Å². The van der Waals surface area contributed by atoms with Crippen molar-refractivity contribution in [3.63, 3.8) is 0 Å². The van der Waals surface area contributed by atoms with Gasteiger partial charge < -0.3 is 5.32 Å². The molecule has 94 valence electrons. The average molecular weight is 242 g/mol. The molecule has 0 bridgehead atoms. The summed E-state index contributed by atoms with van der Waals surface area (Å²) in [7, 11) is 0. The van der Waals surface area contributed by atoms with Crippen LogP contribution in [0, 0.1) is 5.92 Å². The van der Waals surface area contributed by atoms with Crippen molar-refractivity contribution in [2.24, 2.45) is 5.92 Å². The third kappa shape index (κ3) is 5.92. The molecule has 0 saturated carbocycles. The molecule has 3 heteroatoms. The van der Waals surface area contributed by atoms with E-state index in [2.05, 4.69) is 30.6 Å². The molecule has 0 radical (unpaired) electrons. The van der Waals surface area contributed by atoms with E-state index in [1.54, 1.807) is 0 Å². The maximum Gasteiger partial charge on any atom is 0.0198 e. The Balaban J connectivity index is 2.14. The van der Waals surface area contributed by atoms with Crippen LogP contribution in [0.15, 0.2) is 12.7 Å². The molecular weight excluding hydrogens is 216 g/mol. The summed E-state index contributed by atoms with van der Waals surface area (Å²) in [5.74, 6) is 3.12. The Morgan fingerprint density at radius 1 is 1.56 bits per heavy atom. The summed E-state index contributed by atoms with van der Waals surface area (Å²) in [5, 5.41) is 3.62. The second kappa shape index (κ2) is 8.15. The summed E-state index contributed by atoms with van der Waals surface area (Å²) < 4.78 is 0. The molecule has 2 nitrogen and oxygen atoms in total. The molecule has 1 saturated heterocycles. The Bertz CT molecular complexity index is 194. The molecule has 1 aliphatic heterocycles. The first kappa shape index (κ1) is 14.1. The van der Waals surface area contributed by atoms with E-state index in [-0.39, 0.29) is 0 Å². The molecule has 1 N–H and O–H groups in total. The molecule has 0 aromatic rings. The van der Waals surface area contributed by atoms with Gasteiger partial charge in [-0.15, -0.1) is 6.58 Å². The van der Waals surface area contributed by atoms with Gasteiger partial charge in [0.05, 0.1) is 0 Å². The second-order valence-corrected chi connectivity index (χ2v) is 6.09. The smallest absolute Gasteiger partial charge is 0.0198 e. The zero-order valence-electron chi connectivity index (χ0n) is 10.7. The van der Waals surface area contributed by atoms with Crippen molar-refractivity contribution in [1.29, 1.82) is 0 Å². The fourth-order valence-electron chi connectivity index (χ4n) is 2.18. The molecule has 1 rings (SSSR count). The zero-order chi connectivity index (χ0) is 11.8. The van der Waals surface area contributed by atoms with E-state index < -0.39 is 0 Å². The number of hydrogen-bond donors (Lipinski definition) is 1. The SMILES string of the molecule is C=CCSCCN1CCNC(CC(C)C)C1. The monoisotopic (exact) mass is 242 g/mol. The minimum absolute atomic E-state index is 0.707. The Kier molecular flexibility index (Phi) is 7.17. The van der Waals surface area contributed by atoms with Gasteiger partial charge >= 0.3 is 0 Å². The maximum absolute atomic E-state index is 3.75. The predicted molar refractivity (Wildman–Crippen MR) is 75.2 cm³/mol. The number of piperazine rings is 1. The molecule has 0 aromatic heterocycles. The van der Waals surface area contributed by atoms with Crippen molar-refractivity contribution in [1.82, 2.24) is 10.2 Å². The number of hydrogen-bond acceptors (Lipinski definition) is 3. The second-order valence-electron chi connectivity index (χ2n) is 4.94. The largest absolute Gasteiger partial charge is 0.311 e. The molecule has 0 spiro atoms. The van der Waals surface area contributed by atoms with Crippen LogP contribution in [0.1, 0.15) is 20.3 Å². The molecule has 1 heterocycles. The highest BCUT2D eigenvalue weighted by molar-refractivity contribution is 7.99. The Labute approximate surface area is 105 Å². The van der Waals surface area contributed by atoms with Gasteiger partial charge in [0.25, 0.3) is 0 Å². The normalized spacial score (nSPS) is 22.6. The van der Waals surface area contributed by atoms with E-state index in [4.69, 9.17) is 0 Å². The molecular formula is C13H26N2S. The van der Waals surface area contributed by atoms with Gasteiger partial charge in [0, 0.05) is 43.7 Å². The summed E-state index contributed by atoms with van der Waals surface area (Å²) >= 11 is 1.98. The first-order chi connectivity index (χ1) is 7.72. The lowest BCUT2D eigenvalue weighted by atomic mass is 10.0. The van der Waals surface area contributed by atoms with Crippen LogP contribution >= 0.6 is 11.8 Å². The predicted octanol–water partition coefficient (Wildman–Crippen LogP) is 2.23. The van der Waals surface area contributed by atoms with E-state index in [0.29, 0.717) is 6.04 Å². The van der Waals surface area contributed by atoms with Crippen molar-refractivity contribution in [3.8, 4) is 0 Å². The van der Waals surface area contributed by atoms with E-state index in [9.17, 15) is 0 Å². The van der Waals surface area contributed by atoms with E-state index in [0.717, 1.165) is 18.2 Å². The van der Waals surface area contributed by atoms with Gasteiger partial charge in [-0.3, -0.25) is 4.90 Å². The zero-order valence-corrected chi connectivity index (χ0v) is 11.6. The van der Waals surface area contributed by atoms with Crippen LogP contribution < -0.4 is 5.32 Å². The standard InChI is InChI=1S/C13H26N2S/c1-4-8-16-9-7-15-6-5-14-13(11-15)10-12(2)3/h4,12-14H,1,5-11H2,2-3H3. The van der Waals surface area contributed by atoms with Gasteiger partial charge in [-0.25, -0.2) is 0 Å². The first-order valence-electron chi connectivity index (χ1n) is 6.36. The molecule has 1 fully saturated rings. The minimum atomic E-state index is 0.707. The van der Waals surface area contributed by atoms with Crippen LogP contribution in [0.25, 0.3) is 0 Å². The molecule has 16 heavy (non-hydrogen) atoms.